The van der Waals surface area contributed by atoms with E-state index >= 15 is 0 Å². The maximum Gasteiger partial charge on any atom is 0.238 e. The van der Waals surface area contributed by atoms with Crippen LogP contribution >= 0.6 is 11.6 Å². The molecule has 0 aliphatic carbocycles. The molecule has 6 nitrogen and oxygen atoms in total. The Morgan fingerprint density at radius 3 is 2.38 bits per heavy atom. The Kier molecular flexibility index (Phi) is 7.12. The van der Waals surface area contributed by atoms with Crippen molar-refractivity contribution in [2.24, 2.45) is 0 Å². The molecule has 1 saturated heterocycles. The molecule has 154 valence electrons. The van der Waals surface area contributed by atoms with Crippen molar-refractivity contribution in [2.45, 2.75) is 19.8 Å². The summed E-state index contributed by atoms with van der Waals surface area (Å²) < 4.78 is 0. The quantitative estimate of drug-likeness (QED) is 0.724. The zero-order valence-corrected chi connectivity index (χ0v) is 17.6. The van der Waals surface area contributed by atoms with Gasteiger partial charge in [-0.1, -0.05) is 17.7 Å². The van der Waals surface area contributed by atoms with Gasteiger partial charge in [-0.05, 0) is 68.8 Å². The summed E-state index contributed by atoms with van der Waals surface area (Å²) in [5, 5.41) is 6.28. The number of nitrogens with one attached hydrogen (secondary N) is 2. The molecular formula is C22H27ClN4O2. The van der Waals surface area contributed by atoms with Crippen molar-refractivity contribution in [3.63, 3.8) is 0 Å². The lowest BCUT2D eigenvalue weighted by Crippen LogP contribution is -2.36. The second kappa shape index (κ2) is 9.76. The zero-order chi connectivity index (χ0) is 20.8. The number of anilines is 3. The lowest BCUT2D eigenvalue weighted by molar-refractivity contribution is -0.119. The second-order valence-corrected chi connectivity index (χ2v) is 7.91. The van der Waals surface area contributed by atoms with Gasteiger partial charge in [0.05, 0.1) is 13.1 Å². The lowest BCUT2D eigenvalue weighted by Gasteiger charge is -2.20. The van der Waals surface area contributed by atoms with Crippen LogP contribution in [0.4, 0.5) is 17.1 Å². The Morgan fingerprint density at radius 2 is 1.72 bits per heavy atom. The molecule has 2 aromatic rings. The molecule has 0 atom stereocenters. The highest BCUT2D eigenvalue weighted by atomic mass is 35.5. The first-order valence-electron chi connectivity index (χ1n) is 9.80. The van der Waals surface area contributed by atoms with E-state index in [-0.39, 0.29) is 24.9 Å². The van der Waals surface area contributed by atoms with Gasteiger partial charge in [0.1, 0.15) is 0 Å². The van der Waals surface area contributed by atoms with Crippen LogP contribution < -0.4 is 15.5 Å². The number of carbonyl (C=O) groups is 2. The van der Waals surface area contributed by atoms with Gasteiger partial charge in [0, 0.05) is 35.2 Å². The summed E-state index contributed by atoms with van der Waals surface area (Å²) in [6.45, 7) is 4.40. The normalized spacial score (nSPS) is 13.6. The van der Waals surface area contributed by atoms with E-state index < -0.39 is 0 Å². The van der Waals surface area contributed by atoms with Gasteiger partial charge in [-0.15, -0.1) is 0 Å². The van der Waals surface area contributed by atoms with Crippen molar-refractivity contribution in [3.05, 3.63) is 53.1 Å². The fourth-order valence-electron chi connectivity index (χ4n) is 3.46. The molecule has 0 saturated carbocycles. The maximum absolute atomic E-state index is 12.4. The highest BCUT2D eigenvalue weighted by molar-refractivity contribution is 6.30. The summed E-state index contributed by atoms with van der Waals surface area (Å²) in [5.41, 5.74) is 3.67. The molecule has 1 fully saturated rings. The number of hydrogen-bond acceptors (Lipinski definition) is 4. The van der Waals surface area contributed by atoms with Crippen molar-refractivity contribution in [2.75, 3.05) is 48.8 Å². The van der Waals surface area contributed by atoms with Gasteiger partial charge < -0.3 is 15.5 Å². The summed E-state index contributed by atoms with van der Waals surface area (Å²) in [4.78, 5) is 28.6. The first-order valence-corrected chi connectivity index (χ1v) is 10.2. The molecule has 0 bridgehead atoms. The van der Waals surface area contributed by atoms with E-state index in [1.807, 2.05) is 13.0 Å². The SMILES string of the molecule is Cc1cc(N2CCCC2)ccc1NC(=O)CN(C)CC(=O)Nc1cccc(Cl)c1. The Labute approximate surface area is 176 Å². The molecule has 0 aromatic heterocycles. The number of aryl methyl sites for hydroxylation is 1. The number of likely N-dealkylation sites (N-methyl/N-ethyl adjacent to an activating group) is 1. The van der Waals surface area contributed by atoms with Crippen LogP contribution in [0.3, 0.4) is 0 Å². The van der Waals surface area contributed by atoms with Crippen LogP contribution in [0.2, 0.25) is 5.02 Å². The number of rotatable bonds is 7. The highest BCUT2D eigenvalue weighted by Gasteiger charge is 2.15. The fraction of sp³-hybridized carbons (Fsp3) is 0.364. The number of carbonyl (C=O) groups excluding carboxylic acids is 2. The zero-order valence-electron chi connectivity index (χ0n) is 16.9. The van der Waals surface area contributed by atoms with Crippen molar-refractivity contribution < 1.29 is 9.59 Å². The molecule has 1 aliphatic heterocycles. The molecule has 0 unspecified atom stereocenters. The van der Waals surface area contributed by atoms with E-state index in [1.165, 1.54) is 18.5 Å². The first-order chi connectivity index (χ1) is 13.9. The largest absolute Gasteiger partial charge is 0.372 e. The third-order valence-electron chi connectivity index (χ3n) is 4.89. The number of nitrogens with zero attached hydrogens (tertiary/aromatic N) is 2. The summed E-state index contributed by atoms with van der Waals surface area (Å²) in [6.07, 6.45) is 2.46. The van der Waals surface area contributed by atoms with Crippen molar-refractivity contribution >= 4 is 40.5 Å². The standard InChI is InChI=1S/C22H27ClN4O2/c1-16-12-19(27-10-3-4-11-27)8-9-20(16)25-22(29)15-26(2)14-21(28)24-18-7-5-6-17(23)13-18/h5-9,12-13H,3-4,10-11,14-15H2,1-2H3,(H,24,28)(H,25,29). The third-order valence-corrected chi connectivity index (χ3v) is 5.13. The van der Waals surface area contributed by atoms with Crippen molar-refractivity contribution in [3.8, 4) is 0 Å². The summed E-state index contributed by atoms with van der Waals surface area (Å²) in [6, 6.07) is 13.1. The summed E-state index contributed by atoms with van der Waals surface area (Å²) in [7, 11) is 1.74. The van der Waals surface area contributed by atoms with Crippen molar-refractivity contribution in [1.82, 2.24) is 4.90 Å². The Balaban J connectivity index is 1.48. The van der Waals surface area contributed by atoms with Gasteiger partial charge in [0.15, 0.2) is 0 Å². The minimum atomic E-state index is -0.200. The topological polar surface area (TPSA) is 64.7 Å². The van der Waals surface area contributed by atoms with E-state index in [1.54, 1.807) is 36.2 Å². The Hall–Kier alpha value is -2.57. The second-order valence-electron chi connectivity index (χ2n) is 7.47. The molecule has 2 aromatic carbocycles. The van der Waals surface area contributed by atoms with E-state index in [9.17, 15) is 9.59 Å². The third kappa shape index (κ3) is 6.21. The average molecular weight is 415 g/mol. The molecule has 2 N–H and O–H groups in total. The molecule has 29 heavy (non-hydrogen) atoms. The van der Waals surface area contributed by atoms with Gasteiger partial charge in [-0.25, -0.2) is 0 Å². The van der Waals surface area contributed by atoms with E-state index in [0.29, 0.717) is 10.7 Å². The van der Waals surface area contributed by atoms with Gasteiger partial charge in [0.25, 0.3) is 0 Å². The molecule has 1 heterocycles. The molecule has 7 heteroatoms. The van der Waals surface area contributed by atoms with Crippen LogP contribution in [-0.2, 0) is 9.59 Å². The van der Waals surface area contributed by atoms with Gasteiger partial charge in [0.2, 0.25) is 11.8 Å². The van der Waals surface area contributed by atoms with Crippen LogP contribution in [0.1, 0.15) is 18.4 Å². The van der Waals surface area contributed by atoms with Gasteiger partial charge in [-0.3, -0.25) is 14.5 Å². The molecular weight excluding hydrogens is 388 g/mol. The van der Waals surface area contributed by atoms with E-state index in [0.717, 1.165) is 24.3 Å². The lowest BCUT2D eigenvalue weighted by atomic mass is 10.1. The van der Waals surface area contributed by atoms with Crippen LogP contribution in [0.15, 0.2) is 42.5 Å². The molecule has 0 spiro atoms. The first kappa shape index (κ1) is 21.1. The molecule has 1 aliphatic rings. The Bertz CT molecular complexity index is 881. The van der Waals surface area contributed by atoms with E-state index in [4.69, 9.17) is 11.6 Å². The molecule has 0 radical (unpaired) electrons. The Morgan fingerprint density at radius 1 is 1.03 bits per heavy atom. The van der Waals surface area contributed by atoms with Crippen LogP contribution in [0.25, 0.3) is 0 Å². The minimum Gasteiger partial charge on any atom is -0.372 e. The van der Waals surface area contributed by atoms with Gasteiger partial charge in [-0.2, -0.15) is 0 Å². The average Bonchev–Trinajstić information content (AvgIpc) is 3.17. The number of halogens is 1. The maximum atomic E-state index is 12.4. The van der Waals surface area contributed by atoms with Crippen LogP contribution in [0.5, 0.6) is 0 Å². The minimum absolute atomic E-state index is 0.104. The number of amides is 2. The van der Waals surface area contributed by atoms with Crippen LogP contribution in [0, 0.1) is 6.92 Å². The summed E-state index contributed by atoms with van der Waals surface area (Å²) in [5.74, 6) is -0.353. The number of hydrogen-bond donors (Lipinski definition) is 2. The predicted molar refractivity (Wildman–Crippen MR) is 119 cm³/mol. The molecule has 2 amide bonds. The monoisotopic (exact) mass is 414 g/mol. The smallest absolute Gasteiger partial charge is 0.238 e. The number of benzene rings is 2. The van der Waals surface area contributed by atoms with Crippen LogP contribution in [-0.4, -0.2) is 49.9 Å². The van der Waals surface area contributed by atoms with Crippen molar-refractivity contribution in [1.29, 1.82) is 0 Å². The highest BCUT2D eigenvalue weighted by Crippen LogP contribution is 2.25. The molecule has 3 rings (SSSR count). The summed E-state index contributed by atoms with van der Waals surface area (Å²) >= 11 is 5.92. The van der Waals surface area contributed by atoms with E-state index in [2.05, 4.69) is 27.7 Å². The predicted octanol–water partition coefficient (Wildman–Crippen LogP) is 3.76. The van der Waals surface area contributed by atoms with Gasteiger partial charge >= 0.3 is 0 Å². The fourth-order valence-corrected chi connectivity index (χ4v) is 3.65.